The van der Waals surface area contributed by atoms with E-state index in [0.717, 1.165) is 18.4 Å². The first-order valence-electron chi connectivity index (χ1n) is 6.66. The number of halogens is 1. The van der Waals surface area contributed by atoms with Crippen molar-refractivity contribution >= 4 is 11.9 Å². The largest absolute Gasteiger partial charge is 0.256 e. The van der Waals surface area contributed by atoms with Crippen molar-refractivity contribution in [2.24, 2.45) is 4.99 Å². The van der Waals surface area contributed by atoms with Gasteiger partial charge in [-0.3, -0.25) is 4.99 Å². The molecule has 0 spiro atoms. The predicted octanol–water partition coefficient (Wildman–Crippen LogP) is 4.57. The minimum Gasteiger partial charge on any atom is -0.256 e. The van der Waals surface area contributed by atoms with Crippen molar-refractivity contribution in [1.29, 1.82) is 5.26 Å². The van der Waals surface area contributed by atoms with Crippen LogP contribution in [0.25, 0.3) is 0 Å². The van der Waals surface area contributed by atoms with Crippen molar-refractivity contribution in [1.82, 2.24) is 0 Å². The van der Waals surface area contributed by atoms with Gasteiger partial charge in [0.2, 0.25) is 0 Å². The highest BCUT2D eigenvalue weighted by Crippen LogP contribution is 2.16. The number of hydrogen-bond acceptors (Lipinski definition) is 2. The summed E-state index contributed by atoms with van der Waals surface area (Å²) in [6, 6.07) is 14.1. The topological polar surface area (TPSA) is 36.1 Å². The Bertz CT molecular complexity index is 694. The summed E-state index contributed by atoms with van der Waals surface area (Å²) in [4.78, 5) is 4.21. The monoisotopic (exact) mass is 278 g/mol. The van der Waals surface area contributed by atoms with E-state index in [2.05, 4.69) is 11.6 Å². The second-order valence-corrected chi connectivity index (χ2v) is 4.60. The number of benzene rings is 2. The SMILES string of the molecule is C=CCCc1ccc(C=Nc2ccc(C#N)c(F)c2)cc1. The highest BCUT2D eigenvalue weighted by molar-refractivity contribution is 5.82. The van der Waals surface area contributed by atoms with Crippen LogP contribution >= 0.6 is 0 Å². The Morgan fingerprint density at radius 3 is 2.57 bits per heavy atom. The number of aliphatic imine (C=N–C) groups is 1. The van der Waals surface area contributed by atoms with Crippen LogP contribution in [0.4, 0.5) is 10.1 Å². The van der Waals surface area contributed by atoms with Gasteiger partial charge < -0.3 is 0 Å². The van der Waals surface area contributed by atoms with Crippen molar-refractivity contribution in [2.45, 2.75) is 12.8 Å². The van der Waals surface area contributed by atoms with E-state index in [1.807, 2.05) is 30.3 Å². The Morgan fingerprint density at radius 1 is 1.19 bits per heavy atom. The highest BCUT2D eigenvalue weighted by Gasteiger charge is 2.01. The molecule has 2 aromatic rings. The Kier molecular flexibility index (Phi) is 5.00. The quantitative estimate of drug-likeness (QED) is 0.583. The molecular weight excluding hydrogens is 263 g/mol. The standard InChI is InChI=1S/C18H15FN2/c1-2-3-4-14-5-7-15(8-6-14)13-21-17-10-9-16(12-20)18(19)11-17/h2,5-11,13H,1,3-4H2. The lowest BCUT2D eigenvalue weighted by Crippen LogP contribution is -1.86. The van der Waals surface area contributed by atoms with Crippen LogP contribution in [-0.2, 0) is 6.42 Å². The van der Waals surface area contributed by atoms with Crippen molar-refractivity contribution in [2.75, 3.05) is 0 Å². The number of aryl methyl sites for hydroxylation is 1. The van der Waals surface area contributed by atoms with E-state index in [1.54, 1.807) is 18.4 Å². The number of allylic oxidation sites excluding steroid dienone is 1. The zero-order chi connectivity index (χ0) is 15.1. The van der Waals surface area contributed by atoms with Gasteiger partial charge in [0.05, 0.1) is 11.3 Å². The summed E-state index contributed by atoms with van der Waals surface area (Å²) < 4.78 is 13.4. The van der Waals surface area contributed by atoms with Crippen LogP contribution in [0.3, 0.4) is 0 Å². The summed E-state index contributed by atoms with van der Waals surface area (Å²) in [5, 5.41) is 8.67. The van der Waals surface area contributed by atoms with Gasteiger partial charge in [0, 0.05) is 12.3 Å². The van der Waals surface area contributed by atoms with E-state index < -0.39 is 5.82 Å². The first-order valence-corrected chi connectivity index (χ1v) is 6.66. The normalized spacial score (nSPS) is 10.5. The molecule has 0 saturated heterocycles. The van der Waals surface area contributed by atoms with Gasteiger partial charge in [-0.25, -0.2) is 4.39 Å². The van der Waals surface area contributed by atoms with E-state index in [0.29, 0.717) is 5.69 Å². The van der Waals surface area contributed by atoms with Crippen LogP contribution < -0.4 is 0 Å². The van der Waals surface area contributed by atoms with Gasteiger partial charge in [0.1, 0.15) is 11.9 Å². The average Bonchev–Trinajstić information content (AvgIpc) is 2.52. The molecule has 0 N–H and O–H groups in total. The maximum atomic E-state index is 13.4. The third kappa shape index (κ3) is 4.12. The van der Waals surface area contributed by atoms with Gasteiger partial charge in [-0.05, 0) is 36.1 Å². The molecule has 0 bridgehead atoms. The van der Waals surface area contributed by atoms with Crippen LogP contribution in [0.2, 0.25) is 0 Å². The van der Waals surface area contributed by atoms with Crippen molar-refractivity contribution < 1.29 is 4.39 Å². The molecule has 0 saturated carbocycles. The fourth-order valence-corrected chi connectivity index (χ4v) is 1.86. The second kappa shape index (κ2) is 7.16. The Labute approximate surface area is 123 Å². The van der Waals surface area contributed by atoms with Gasteiger partial charge in [-0.1, -0.05) is 30.3 Å². The number of hydrogen-bond donors (Lipinski definition) is 0. The molecule has 0 heterocycles. The number of nitriles is 1. The van der Waals surface area contributed by atoms with Crippen molar-refractivity contribution in [3.8, 4) is 6.07 Å². The van der Waals surface area contributed by atoms with Crippen LogP contribution in [0.15, 0.2) is 60.1 Å². The molecule has 0 amide bonds. The number of rotatable bonds is 5. The lowest BCUT2D eigenvalue weighted by molar-refractivity contribution is 0.624. The van der Waals surface area contributed by atoms with E-state index in [9.17, 15) is 4.39 Å². The molecule has 2 aromatic carbocycles. The van der Waals surface area contributed by atoms with E-state index in [4.69, 9.17) is 5.26 Å². The van der Waals surface area contributed by atoms with Gasteiger partial charge in [-0.15, -0.1) is 6.58 Å². The molecule has 0 radical (unpaired) electrons. The summed E-state index contributed by atoms with van der Waals surface area (Å²) in [6.07, 6.45) is 5.51. The first-order chi connectivity index (χ1) is 10.2. The molecule has 0 atom stereocenters. The zero-order valence-electron chi connectivity index (χ0n) is 11.6. The molecule has 2 nitrogen and oxygen atoms in total. The summed E-state index contributed by atoms with van der Waals surface area (Å²) in [5.41, 5.74) is 2.71. The predicted molar refractivity (Wildman–Crippen MR) is 83.3 cm³/mol. The Morgan fingerprint density at radius 2 is 1.95 bits per heavy atom. The first kappa shape index (κ1) is 14.7. The zero-order valence-corrected chi connectivity index (χ0v) is 11.6. The fourth-order valence-electron chi connectivity index (χ4n) is 1.86. The van der Waals surface area contributed by atoms with Crippen molar-refractivity contribution in [3.63, 3.8) is 0 Å². The molecule has 0 aliphatic rings. The lowest BCUT2D eigenvalue weighted by Gasteiger charge is -2.00. The minimum atomic E-state index is -0.549. The van der Waals surface area contributed by atoms with E-state index in [1.165, 1.54) is 17.7 Å². The molecule has 0 fully saturated rings. The maximum Gasteiger partial charge on any atom is 0.143 e. The highest BCUT2D eigenvalue weighted by atomic mass is 19.1. The van der Waals surface area contributed by atoms with Crippen LogP contribution in [-0.4, -0.2) is 6.21 Å². The number of nitrogens with zero attached hydrogens (tertiary/aromatic N) is 2. The third-order valence-corrected chi connectivity index (χ3v) is 3.05. The molecule has 0 aliphatic carbocycles. The van der Waals surface area contributed by atoms with Crippen LogP contribution in [0.5, 0.6) is 0 Å². The molecule has 2 rings (SSSR count). The molecule has 3 heteroatoms. The molecule has 21 heavy (non-hydrogen) atoms. The van der Waals surface area contributed by atoms with Gasteiger partial charge in [0.25, 0.3) is 0 Å². The summed E-state index contributed by atoms with van der Waals surface area (Å²) in [7, 11) is 0. The summed E-state index contributed by atoms with van der Waals surface area (Å²) >= 11 is 0. The van der Waals surface area contributed by atoms with Gasteiger partial charge in [-0.2, -0.15) is 5.26 Å². The van der Waals surface area contributed by atoms with Gasteiger partial charge >= 0.3 is 0 Å². The van der Waals surface area contributed by atoms with Crippen molar-refractivity contribution in [3.05, 3.63) is 77.6 Å². The molecule has 0 unspecified atom stereocenters. The molecule has 104 valence electrons. The molecule has 0 aliphatic heterocycles. The minimum absolute atomic E-state index is 0.0283. The molecular formula is C18H15FN2. The van der Waals surface area contributed by atoms with Crippen LogP contribution in [0.1, 0.15) is 23.1 Å². The third-order valence-electron chi connectivity index (χ3n) is 3.05. The Hall–Kier alpha value is -2.73. The fraction of sp³-hybridized carbons (Fsp3) is 0.111. The van der Waals surface area contributed by atoms with E-state index in [-0.39, 0.29) is 5.56 Å². The molecule has 0 aromatic heterocycles. The summed E-state index contributed by atoms with van der Waals surface area (Å²) in [5.74, 6) is -0.549. The second-order valence-electron chi connectivity index (χ2n) is 4.60. The van der Waals surface area contributed by atoms with Gasteiger partial charge in [0.15, 0.2) is 0 Å². The lowest BCUT2D eigenvalue weighted by atomic mass is 10.1. The smallest absolute Gasteiger partial charge is 0.143 e. The average molecular weight is 278 g/mol. The maximum absolute atomic E-state index is 13.4. The Balaban J connectivity index is 2.08. The van der Waals surface area contributed by atoms with E-state index >= 15 is 0 Å². The van der Waals surface area contributed by atoms with Crippen LogP contribution in [0, 0.1) is 17.1 Å². The summed E-state index contributed by atoms with van der Waals surface area (Å²) in [6.45, 7) is 3.70.